The zero-order valence-electron chi connectivity index (χ0n) is 26.4. The van der Waals surface area contributed by atoms with Crippen molar-refractivity contribution >= 4 is 40.7 Å². The van der Waals surface area contributed by atoms with E-state index in [-0.39, 0.29) is 11.8 Å². The number of likely N-dealkylation sites (N-methyl/N-ethyl adjacent to an activating group) is 1. The third-order valence-corrected chi connectivity index (χ3v) is 7.49. The number of rotatable bonds is 13. The summed E-state index contributed by atoms with van der Waals surface area (Å²) in [5.41, 5.74) is 7.35. The highest BCUT2D eigenvalue weighted by atomic mass is 16.5. The predicted molar refractivity (Wildman–Crippen MR) is 180 cm³/mol. The van der Waals surface area contributed by atoms with Crippen LogP contribution in [0.4, 0.5) is 17.1 Å². The molecule has 228 valence electrons. The van der Waals surface area contributed by atoms with Crippen LogP contribution in [0.3, 0.4) is 0 Å². The highest BCUT2D eigenvalue weighted by Crippen LogP contribution is 2.31. The minimum Gasteiger partial charge on any atom is -0.497 e. The second-order valence-electron chi connectivity index (χ2n) is 10.7. The molecule has 1 aliphatic heterocycles. The lowest BCUT2D eigenvalue weighted by Gasteiger charge is -2.25. The fourth-order valence-corrected chi connectivity index (χ4v) is 4.75. The van der Waals surface area contributed by atoms with Crippen molar-refractivity contribution in [2.75, 3.05) is 48.8 Å². The van der Waals surface area contributed by atoms with Gasteiger partial charge in [-0.15, -0.1) is 0 Å². The van der Waals surface area contributed by atoms with Crippen molar-refractivity contribution in [2.45, 2.75) is 47.5 Å². The van der Waals surface area contributed by atoms with Crippen LogP contribution in [0.2, 0.25) is 0 Å². The number of allylic oxidation sites excluding steroid dienone is 1. The molecule has 0 fully saturated rings. The summed E-state index contributed by atoms with van der Waals surface area (Å²) in [6.45, 7) is 20.7. The molecule has 8 heteroatoms. The maximum atomic E-state index is 12.7. The molecule has 0 spiro atoms. The Kier molecular flexibility index (Phi) is 12.1. The summed E-state index contributed by atoms with van der Waals surface area (Å²) in [5, 5.41) is 6.14. The molecule has 0 radical (unpaired) electrons. The van der Waals surface area contributed by atoms with Gasteiger partial charge in [-0.25, -0.2) is 4.99 Å². The van der Waals surface area contributed by atoms with Crippen molar-refractivity contribution in [2.24, 2.45) is 4.99 Å². The number of anilines is 3. The summed E-state index contributed by atoms with van der Waals surface area (Å²) in [6.07, 6.45) is 6.99. The summed E-state index contributed by atoms with van der Waals surface area (Å²) in [5.74, 6) is 0.709. The Morgan fingerprint density at radius 1 is 1.09 bits per heavy atom. The SMILES string of the molecule is C=CC(=O)Nc1cc(C2=CCN(CC)CC2)ccc1NC(=C)/N=C\C(CN(C(C)=O)c1cc(CC)cc(OC)c1)=C(C)C. The van der Waals surface area contributed by atoms with Crippen LogP contribution in [0.5, 0.6) is 5.75 Å². The second-order valence-corrected chi connectivity index (χ2v) is 10.7. The van der Waals surface area contributed by atoms with Gasteiger partial charge in [-0.1, -0.05) is 44.7 Å². The van der Waals surface area contributed by atoms with E-state index >= 15 is 0 Å². The molecular weight excluding hydrogens is 538 g/mol. The van der Waals surface area contributed by atoms with Gasteiger partial charge < -0.3 is 20.3 Å². The largest absolute Gasteiger partial charge is 0.497 e. The average Bonchev–Trinajstić information content (AvgIpc) is 3.01. The number of hydrogen-bond acceptors (Lipinski definition) is 6. The van der Waals surface area contributed by atoms with Crippen LogP contribution >= 0.6 is 0 Å². The number of aryl methyl sites for hydroxylation is 1. The van der Waals surface area contributed by atoms with E-state index in [0.29, 0.717) is 29.5 Å². The van der Waals surface area contributed by atoms with Gasteiger partial charge in [-0.2, -0.15) is 0 Å². The molecule has 43 heavy (non-hydrogen) atoms. The van der Waals surface area contributed by atoms with Crippen molar-refractivity contribution in [3.8, 4) is 5.75 Å². The fourth-order valence-electron chi connectivity index (χ4n) is 4.75. The van der Waals surface area contributed by atoms with Crippen LogP contribution in [0.1, 0.15) is 52.2 Å². The molecule has 0 atom stereocenters. The first-order valence-corrected chi connectivity index (χ1v) is 14.7. The van der Waals surface area contributed by atoms with E-state index in [2.05, 4.69) is 53.6 Å². The van der Waals surface area contributed by atoms with Crippen LogP contribution in [-0.4, -0.2) is 56.2 Å². The van der Waals surface area contributed by atoms with Gasteiger partial charge in [-0.05, 0) is 85.8 Å². The van der Waals surface area contributed by atoms with E-state index < -0.39 is 0 Å². The number of carbonyl (C=O) groups is 2. The molecule has 2 aromatic carbocycles. The van der Waals surface area contributed by atoms with Crippen LogP contribution in [0.25, 0.3) is 5.57 Å². The highest BCUT2D eigenvalue weighted by Gasteiger charge is 2.17. The third-order valence-electron chi connectivity index (χ3n) is 7.49. The first-order chi connectivity index (χ1) is 20.6. The Morgan fingerprint density at radius 2 is 1.86 bits per heavy atom. The van der Waals surface area contributed by atoms with E-state index in [1.807, 2.05) is 50.2 Å². The lowest BCUT2D eigenvalue weighted by Crippen LogP contribution is -2.31. The lowest BCUT2D eigenvalue weighted by atomic mass is 9.98. The average molecular weight is 584 g/mol. The Hall–Kier alpha value is -4.43. The molecule has 1 heterocycles. The number of methoxy groups -OCH3 is 1. The lowest BCUT2D eigenvalue weighted by molar-refractivity contribution is -0.116. The van der Waals surface area contributed by atoms with Crippen molar-refractivity contribution in [1.82, 2.24) is 4.90 Å². The molecule has 2 amide bonds. The summed E-state index contributed by atoms with van der Waals surface area (Å²) in [4.78, 5) is 33.7. The van der Waals surface area contributed by atoms with Crippen LogP contribution < -0.4 is 20.3 Å². The normalized spacial score (nSPS) is 13.2. The molecule has 0 saturated heterocycles. The molecule has 2 aromatic rings. The van der Waals surface area contributed by atoms with Crippen LogP contribution in [0.15, 0.2) is 83.7 Å². The summed E-state index contributed by atoms with van der Waals surface area (Å²) >= 11 is 0. The first-order valence-electron chi connectivity index (χ1n) is 14.7. The van der Waals surface area contributed by atoms with Gasteiger partial charge >= 0.3 is 0 Å². The maximum Gasteiger partial charge on any atom is 0.247 e. The molecule has 0 bridgehead atoms. The van der Waals surface area contributed by atoms with Gasteiger partial charge in [0.15, 0.2) is 0 Å². The number of amides is 2. The summed E-state index contributed by atoms with van der Waals surface area (Å²) < 4.78 is 5.47. The number of nitrogens with zero attached hydrogens (tertiary/aromatic N) is 3. The van der Waals surface area contributed by atoms with E-state index in [1.54, 1.807) is 25.1 Å². The summed E-state index contributed by atoms with van der Waals surface area (Å²) in [7, 11) is 1.62. The molecule has 2 N–H and O–H groups in total. The topological polar surface area (TPSA) is 86.3 Å². The zero-order chi connectivity index (χ0) is 31.5. The number of ether oxygens (including phenoxy) is 1. The number of nitrogens with one attached hydrogen (secondary N) is 2. The third kappa shape index (κ3) is 9.28. The Balaban J connectivity index is 1.83. The Bertz CT molecular complexity index is 1430. The van der Waals surface area contributed by atoms with Crippen LogP contribution in [-0.2, 0) is 16.0 Å². The van der Waals surface area contributed by atoms with Gasteiger partial charge in [0, 0.05) is 38.0 Å². The highest BCUT2D eigenvalue weighted by molar-refractivity contribution is 6.01. The van der Waals surface area contributed by atoms with Gasteiger partial charge in [0.2, 0.25) is 11.8 Å². The van der Waals surface area contributed by atoms with Crippen molar-refractivity contribution < 1.29 is 14.3 Å². The standard InChI is InChI=1S/C35H45N5O3/c1-9-27-18-31(21-32(19-27)43-8)40(26(7)41)23-30(24(4)5)22-36-25(6)37-33-13-12-29(20-34(33)38-35(42)10-2)28-14-16-39(11-3)17-15-28/h10,12-14,18-22,37H,2,6,9,11,15-17,23H2,1,3-5,7-8H3,(H,38,42)/b36-22-. The number of aliphatic imine (C=N–C) groups is 1. The molecule has 1 aliphatic rings. The molecule has 8 nitrogen and oxygen atoms in total. The van der Waals surface area contributed by atoms with E-state index in [0.717, 1.165) is 60.4 Å². The van der Waals surface area contributed by atoms with Crippen molar-refractivity contribution in [1.29, 1.82) is 0 Å². The monoisotopic (exact) mass is 583 g/mol. The fraction of sp³-hybridized carbons (Fsp3) is 0.343. The predicted octanol–water partition coefficient (Wildman–Crippen LogP) is 6.83. The van der Waals surface area contributed by atoms with Gasteiger partial charge in [0.1, 0.15) is 11.6 Å². The maximum absolute atomic E-state index is 12.7. The number of carbonyl (C=O) groups excluding carboxylic acids is 2. The Labute approximate surface area is 256 Å². The van der Waals surface area contributed by atoms with E-state index in [1.165, 1.54) is 11.6 Å². The van der Waals surface area contributed by atoms with Crippen molar-refractivity contribution in [3.05, 3.63) is 89.8 Å². The minimum atomic E-state index is -0.302. The van der Waals surface area contributed by atoms with E-state index in [4.69, 9.17) is 4.74 Å². The van der Waals surface area contributed by atoms with Gasteiger partial charge in [0.25, 0.3) is 0 Å². The quantitative estimate of drug-likeness (QED) is 0.199. The van der Waals surface area contributed by atoms with Crippen LogP contribution in [0, 0.1) is 0 Å². The molecule has 3 rings (SSSR count). The molecule has 0 aliphatic carbocycles. The van der Waals surface area contributed by atoms with Gasteiger partial charge in [0.05, 0.1) is 25.0 Å². The first kappa shape index (κ1) is 33.1. The molecular formula is C35H45N5O3. The molecule has 0 saturated carbocycles. The second kappa shape index (κ2) is 15.7. The molecule has 0 unspecified atom stereocenters. The molecule has 0 aromatic heterocycles. The number of benzene rings is 2. The van der Waals surface area contributed by atoms with Gasteiger partial charge in [-0.3, -0.25) is 14.5 Å². The van der Waals surface area contributed by atoms with Crippen molar-refractivity contribution in [3.63, 3.8) is 0 Å². The summed E-state index contributed by atoms with van der Waals surface area (Å²) in [6, 6.07) is 11.8. The van der Waals surface area contributed by atoms with E-state index in [9.17, 15) is 9.59 Å². The Morgan fingerprint density at radius 3 is 2.44 bits per heavy atom. The smallest absolute Gasteiger partial charge is 0.247 e. The number of hydrogen-bond donors (Lipinski definition) is 2. The minimum absolute atomic E-state index is 0.0856. The zero-order valence-corrected chi connectivity index (χ0v) is 26.4.